The zero-order valence-electron chi connectivity index (χ0n) is 17.1. The molecule has 5 heteroatoms. The van der Waals surface area contributed by atoms with Crippen molar-refractivity contribution in [3.05, 3.63) is 65.5 Å². The van der Waals surface area contributed by atoms with Gasteiger partial charge in [-0.3, -0.25) is 9.69 Å². The molecule has 2 aromatic carbocycles. The average Bonchev–Trinajstić information content (AvgIpc) is 2.63. The summed E-state index contributed by atoms with van der Waals surface area (Å²) in [6, 6.07) is 16.3. The van der Waals surface area contributed by atoms with Gasteiger partial charge in [0.1, 0.15) is 5.82 Å². The van der Waals surface area contributed by atoms with Crippen LogP contribution in [0.5, 0.6) is 0 Å². The first-order valence-electron chi connectivity index (χ1n) is 9.41. The monoisotopic (exact) mass is 381 g/mol. The highest BCUT2D eigenvalue weighted by atomic mass is 19.1. The van der Waals surface area contributed by atoms with E-state index in [4.69, 9.17) is 5.26 Å². The first-order chi connectivity index (χ1) is 13.2. The Kier molecular flexibility index (Phi) is 7.31. The lowest BCUT2D eigenvalue weighted by Gasteiger charge is -2.25. The van der Waals surface area contributed by atoms with E-state index in [2.05, 4.69) is 51.1 Å². The van der Waals surface area contributed by atoms with E-state index in [1.807, 2.05) is 11.9 Å². The SMILES string of the molecule is CN(CC(=O)N(CCC#N)c1ccc(F)cc1)Cc1ccc(C(C)(C)C)cc1. The molecule has 0 saturated heterocycles. The summed E-state index contributed by atoms with van der Waals surface area (Å²) in [6.07, 6.45) is 0.223. The fraction of sp³-hybridized carbons (Fsp3) is 0.391. The zero-order valence-corrected chi connectivity index (χ0v) is 17.1. The normalized spacial score (nSPS) is 11.3. The molecule has 148 valence electrons. The van der Waals surface area contributed by atoms with Crippen LogP contribution in [0.1, 0.15) is 38.3 Å². The molecule has 2 rings (SSSR count). The van der Waals surface area contributed by atoms with Gasteiger partial charge in [0.25, 0.3) is 0 Å². The topological polar surface area (TPSA) is 47.3 Å². The minimum absolute atomic E-state index is 0.108. The van der Waals surface area contributed by atoms with Crippen LogP contribution < -0.4 is 4.90 Å². The van der Waals surface area contributed by atoms with E-state index in [9.17, 15) is 9.18 Å². The number of carbonyl (C=O) groups excluding carboxylic acids is 1. The Balaban J connectivity index is 2.03. The van der Waals surface area contributed by atoms with Gasteiger partial charge in [0.15, 0.2) is 0 Å². The Labute approximate surface area is 167 Å². The molecule has 0 radical (unpaired) electrons. The lowest BCUT2D eigenvalue weighted by atomic mass is 9.87. The number of halogens is 1. The number of carbonyl (C=O) groups is 1. The lowest BCUT2D eigenvalue weighted by molar-refractivity contribution is -0.119. The second-order valence-corrected chi connectivity index (χ2v) is 8.05. The van der Waals surface area contributed by atoms with E-state index >= 15 is 0 Å². The van der Waals surface area contributed by atoms with Crippen LogP contribution >= 0.6 is 0 Å². The molecule has 2 aromatic rings. The van der Waals surface area contributed by atoms with Crippen LogP contribution in [0.2, 0.25) is 0 Å². The van der Waals surface area contributed by atoms with Gasteiger partial charge >= 0.3 is 0 Å². The largest absolute Gasteiger partial charge is 0.310 e. The Hall–Kier alpha value is -2.71. The van der Waals surface area contributed by atoms with Crippen molar-refractivity contribution in [1.82, 2.24) is 4.90 Å². The summed E-state index contributed by atoms with van der Waals surface area (Å²) < 4.78 is 13.2. The van der Waals surface area contributed by atoms with Crippen LogP contribution in [0.25, 0.3) is 0 Å². The van der Waals surface area contributed by atoms with Crippen LogP contribution in [0.3, 0.4) is 0 Å². The molecular formula is C23H28FN3O. The fourth-order valence-electron chi connectivity index (χ4n) is 2.97. The molecule has 0 unspecified atom stereocenters. The quantitative estimate of drug-likeness (QED) is 0.709. The van der Waals surface area contributed by atoms with E-state index in [1.54, 1.807) is 17.0 Å². The second-order valence-electron chi connectivity index (χ2n) is 8.05. The maximum atomic E-state index is 13.2. The Bertz CT molecular complexity index is 817. The minimum Gasteiger partial charge on any atom is -0.310 e. The van der Waals surface area contributed by atoms with Crippen molar-refractivity contribution in [3.8, 4) is 6.07 Å². The molecule has 0 aliphatic carbocycles. The summed E-state index contributed by atoms with van der Waals surface area (Å²) >= 11 is 0. The number of nitriles is 1. The number of anilines is 1. The molecule has 0 spiro atoms. The first-order valence-corrected chi connectivity index (χ1v) is 9.41. The van der Waals surface area contributed by atoms with Gasteiger partial charge in [-0.15, -0.1) is 0 Å². The standard InChI is InChI=1S/C23H28FN3O/c1-23(2,3)19-8-6-18(7-9-19)16-26(4)17-22(28)27(15-5-14-25)21-12-10-20(24)11-13-21/h6-13H,5,15-17H2,1-4H3. The number of likely N-dealkylation sites (N-methyl/N-ethyl adjacent to an activating group) is 1. The van der Waals surface area contributed by atoms with Crippen molar-refractivity contribution in [3.63, 3.8) is 0 Å². The van der Waals surface area contributed by atoms with Crippen molar-refractivity contribution < 1.29 is 9.18 Å². The van der Waals surface area contributed by atoms with Gasteiger partial charge in [0.05, 0.1) is 19.0 Å². The first kappa shape index (κ1) is 21.6. The molecule has 0 atom stereocenters. The average molecular weight is 381 g/mol. The van der Waals surface area contributed by atoms with Crippen LogP contribution in [0.4, 0.5) is 10.1 Å². The van der Waals surface area contributed by atoms with Gasteiger partial charge in [-0.25, -0.2) is 4.39 Å². The summed E-state index contributed by atoms with van der Waals surface area (Å²) in [5.41, 5.74) is 3.11. The summed E-state index contributed by atoms with van der Waals surface area (Å²) in [5.74, 6) is -0.470. The Morgan fingerprint density at radius 2 is 1.68 bits per heavy atom. The van der Waals surface area contributed by atoms with Crippen molar-refractivity contribution in [1.29, 1.82) is 5.26 Å². The number of rotatable bonds is 7. The Morgan fingerprint density at radius 1 is 1.07 bits per heavy atom. The summed E-state index contributed by atoms with van der Waals surface area (Å²) in [4.78, 5) is 16.3. The molecule has 0 aromatic heterocycles. The van der Waals surface area contributed by atoms with Gasteiger partial charge < -0.3 is 4.90 Å². The maximum Gasteiger partial charge on any atom is 0.241 e. The molecule has 0 heterocycles. The number of hydrogen-bond acceptors (Lipinski definition) is 3. The van der Waals surface area contributed by atoms with Crippen LogP contribution in [-0.2, 0) is 16.8 Å². The smallest absolute Gasteiger partial charge is 0.241 e. The molecule has 0 bridgehead atoms. The zero-order chi connectivity index (χ0) is 20.7. The van der Waals surface area contributed by atoms with Crippen molar-refractivity contribution in [2.45, 2.75) is 39.2 Å². The molecule has 0 fully saturated rings. The third-order valence-electron chi connectivity index (χ3n) is 4.56. The molecular weight excluding hydrogens is 353 g/mol. The van der Waals surface area contributed by atoms with Crippen LogP contribution in [-0.4, -0.2) is 30.9 Å². The Morgan fingerprint density at radius 3 is 2.21 bits per heavy atom. The third-order valence-corrected chi connectivity index (χ3v) is 4.56. The number of benzene rings is 2. The van der Waals surface area contributed by atoms with Crippen LogP contribution in [0, 0.1) is 17.1 Å². The maximum absolute atomic E-state index is 13.2. The van der Waals surface area contributed by atoms with E-state index in [0.717, 1.165) is 5.56 Å². The summed E-state index contributed by atoms with van der Waals surface area (Å²) in [5, 5.41) is 8.89. The highest BCUT2D eigenvalue weighted by Gasteiger charge is 2.18. The van der Waals surface area contributed by atoms with Gasteiger partial charge in [-0.05, 0) is 47.9 Å². The van der Waals surface area contributed by atoms with Gasteiger partial charge in [-0.1, -0.05) is 45.0 Å². The summed E-state index contributed by atoms with van der Waals surface area (Å²) in [7, 11) is 1.89. The van der Waals surface area contributed by atoms with Gasteiger partial charge in [0, 0.05) is 18.8 Å². The molecule has 0 N–H and O–H groups in total. The highest BCUT2D eigenvalue weighted by Crippen LogP contribution is 2.22. The number of nitrogens with zero attached hydrogens (tertiary/aromatic N) is 3. The molecule has 4 nitrogen and oxygen atoms in total. The van der Waals surface area contributed by atoms with E-state index in [-0.39, 0.29) is 36.6 Å². The molecule has 0 aliphatic rings. The molecule has 0 aliphatic heterocycles. The van der Waals surface area contributed by atoms with Crippen molar-refractivity contribution in [2.75, 3.05) is 25.0 Å². The lowest BCUT2D eigenvalue weighted by Crippen LogP contribution is -2.39. The van der Waals surface area contributed by atoms with E-state index < -0.39 is 0 Å². The van der Waals surface area contributed by atoms with Crippen molar-refractivity contribution >= 4 is 11.6 Å². The molecule has 28 heavy (non-hydrogen) atoms. The highest BCUT2D eigenvalue weighted by molar-refractivity contribution is 5.94. The molecule has 1 amide bonds. The molecule has 0 saturated carbocycles. The van der Waals surface area contributed by atoms with E-state index in [0.29, 0.717) is 12.2 Å². The third kappa shape index (κ3) is 6.17. The van der Waals surface area contributed by atoms with Crippen molar-refractivity contribution in [2.24, 2.45) is 0 Å². The fourth-order valence-corrected chi connectivity index (χ4v) is 2.97. The second kappa shape index (κ2) is 9.48. The summed E-state index contributed by atoms with van der Waals surface area (Å²) in [6.45, 7) is 7.68. The number of amides is 1. The predicted molar refractivity (Wildman–Crippen MR) is 110 cm³/mol. The minimum atomic E-state index is -0.354. The van der Waals surface area contributed by atoms with Gasteiger partial charge in [0.2, 0.25) is 5.91 Å². The van der Waals surface area contributed by atoms with E-state index in [1.165, 1.54) is 17.7 Å². The predicted octanol–water partition coefficient (Wildman–Crippen LogP) is 4.50. The number of hydrogen-bond donors (Lipinski definition) is 0. The van der Waals surface area contributed by atoms with Gasteiger partial charge in [-0.2, -0.15) is 5.26 Å². The van der Waals surface area contributed by atoms with Crippen LogP contribution in [0.15, 0.2) is 48.5 Å².